The highest BCUT2D eigenvalue weighted by Crippen LogP contribution is 2.29. The van der Waals surface area contributed by atoms with Crippen molar-refractivity contribution in [2.45, 2.75) is 19.1 Å². The standard InChI is InChI=1S/C15H15F3N2OS/c16-15(17,18)12-5-3-11(4-6-12)7-8-19-14(21)20-10-13-2-1-9-22-13/h1-6,9H,7-8,10H2,(H2,19,20,21). The van der Waals surface area contributed by atoms with Gasteiger partial charge in [0.05, 0.1) is 12.1 Å². The first-order chi connectivity index (χ1) is 10.4. The Morgan fingerprint density at radius 1 is 1.09 bits per heavy atom. The molecule has 2 rings (SSSR count). The Balaban J connectivity index is 1.70. The maximum atomic E-state index is 12.4. The molecule has 0 radical (unpaired) electrons. The maximum Gasteiger partial charge on any atom is 0.416 e. The van der Waals surface area contributed by atoms with E-state index in [0.29, 0.717) is 19.5 Å². The minimum absolute atomic E-state index is 0.291. The predicted molar refractivity (Wildman–Crippen MR) is 79.7 cm³/mol. The topological polar surface area (TPSA) is 41.1 Å². The SMILES string of the molecule is O=C(NCCc1ccc(C(F)(F)F)cc1)NCc1cccs1. The van der Waals surface area contributed by atoms with Crippen LogP contribution in [0.2, 0.25) is 0 Å². The van der Waals surface area contributed by atoms with E-state index >= 15 is 0 Å². The van der Waals surface area contributed by atoms with Gasteiger partial charge in [0.2, 0.25) is 0 Å². The van der Waals surface area contributed by atoms with Gasteiger partial charge in [-0.05, 0) is 35.6 Å². The summed E-state index contributed by atoms with van der Waals surface area (Å²) < 4.78 is 37.2. The Labute approximate surface area is 130 Å². The number of nitrogens with one attached hydrogen (secondary N) is 2. The lowest BCUT2D eigenvalue weighted by Gasteiger charge is -2.09. The van der Waals surface area contributed by atoms with E-state index < -0.39 is 11.7 Å². The highest BCUT2D eigenvalue weighted by Gasteiger charge is 2.29. The van der Waals surface area contributed by atoms with Crippen LogP contribution >= 0.6 is 11.3 Å². The number of carbonyl (C=O) groups is 1. The average Bonchev–Trinajstić information content (AvgIpc) is 2.98. The Kier molecular flexibility index (Phi) is 5.43. The Hall–Kier alpha value is -2.02. The molecule has 0 saturated carbocycles. The van der Waals surface area contributed by atoms with Crippen LogP contribution in [-0.4, -0.2) is 12.6 Å². The highest BCUT2D eigenvalue weighted by atomic mass is 32.1. The van der Waals surface area contributed by atoms with E-state index in [1.54, 1.807) is 11.3 Å². The molecule has 0 spiro atoms. The van der Waals surface area contributed by atoms with Crippen molar-refractivity contribution >= 4 is 17.4 Å². The van der Waals surface area contributed by atoms with E-state index in [1.165, 1.54) is 12.1 Å². The minimum atomic E-state index is -4.32. The van der Waals surface area contributed by atoms with Gasteiger partial charge in [0, 0.05) is 11.4 Å². The Bertz CT molecular complexity index is 594. The predicted octanol–water partition coefficient (Wildman–Crippen LogP) is 3.81. The van der Waals surface area contributed by atoms with Gasteiger partial charge in [-0.25, -0.2) is 4.79 Å². The van der Waals surface area contributed by atoms with E-state index in [1.807, 2.05) is 17.5 Å². The summed E-state index contributed by atoms with van der Waals surface area (Å²) in [5, 5.41) is 7.31. The molecule has 0 saturated heterocycles. The number of benzene rings is 1. The molecule has 0 bridgehead atoms. The second-order valence-electron chi connectivity index (χ2n) is 4.63. The average molecular weight is 328 g/mol. The number of hydrogen-bond acceptors (Lipinski definition) is 2. The highest BCUT2D eigenvalue weighted by molar-refractivity contribution is 7.09. The molecule has 0 unspecified atom stereocenters. The van der Waals surface area contributed by atoms with Crippen LogP contribution in [0, 0.1) is 0 Å². The van der Waals surface area contributed by atoms with Crippen LogP contribution in [-0.2, 0) is 19.1 Å². The van der Waals surface area contributed by atoms with Gasteiger partial charge in [-0.3, -0.25) is 0 Å². The number of carbonyl (C=O) groups excluding carboxylic acids is 1. The van der Waals surface area contributed by atoms with Gasteiger partial charge in [0.25, 0.3) is 0 Å². The molecule has 0 aliphatic carbocycles. The van der Waals surface area contributed by atoms with Crippen LogP contribution in [0.25, 0.3) is 0 Å². The van der Waals surface area contributed by atoms with Crippen LogP contribution < -0.4 is 10.6 Å². The second kappa shape index (κ2) is 7.31. The van der Waals surface area contributed by atoms with E-state index in [0.717, 1.165) is 22.6 Å². The summed E-state index contributed by atoms with van der Waals surface area (Å²) in [5.74, 6) is 0. The van der Waals surface area contributed by atoms with Crippen molar-refractivity contribution in [1.29, 1.82) is 0 Å². The fraction of sp³-hybridized carbons (Fsp3) is 0.267. The smallest absolute Gasteiger partial charge is 0.338 e. The molecular formula is C15H15F3N2OS. The number of amides is 2. The van der Waals surface area contributed by atoms with Crippen LogP contribution in [0.5, 0.6) is 0 Å². The third kappa shape index (κ3) is 5.07. The lowest BCUT2D eigenvalue weighted by atomic mass is 10.1. The molecule has 0 atom stereocenters. The zero-order valence-corrected chi connectivity index (χ0v) is 12.4. The summed E-state index contributed by atoms with van der Waals surface area (Å²) in [4.78, 5) is 12.6. The fourth-order valence-corrected chi connectivity index (χ4v) is 2.47. The molecule has 0 aliphatic heterocycles. The number of urea groups is 1. The summed E-state index contributed by atoms with van der Waals surface area (Å²) in [6.07, 6.45) is -3.84. The van der Waals surface area contributed by atoms with Crippen molar-refractivity contribution < 1.29 is 18.0 Å². The van der Waals surface area contributed by atoms with Crippen LogP contribution in [0.3, 0.4) is 0 Å². The number of rotatable bonds is 5. The fourth-order valence-electron chi connectivity index (χ4n) is 1.82. The monoisotopic (exact) mass is 328 g/mol. The quantitative estimate of drug-likeness (QED) is 0.861. The van der Waals surface area contributed by atoms with E-state index in [9.17, 15) is 18.0 Å². The molecule has 1 heterocycles. The molecule has 2 N–H and O–H groups in total. The zero-order chi connectivity index (χ0) is 16.0. The molecule has 0 aliphatic rings. The largest absolute Gasteiger partial charge is 0.416 e. The molecule has 118 valence electrons. The van der Waals surface area contributed by atoms with Crippen molar-refractivity contribution in [2.24, 2.45) is 0 Å². The van der Waals surface area contributed by atoms with Crippen molar-refractivity contribution in [3.8, 4) is 0 Å². The lowest BCUT2D eigenvalue weighted by Crippen LogP contribution is -2.36. The van der Waals surface area contributed by atoms with Gasteiger partial charge in [-0.15, -0.1) is 11.3 Å². The third-order valence-electron chi connectivity index (χ3n) is 2.98. The normalized spacial score (nSPS) is 11.2. The second-order valence-corrected chi connectivity index (χ2v) is 5.67. The molecule has 22 heavy (non-hydrogen) atoms. The van der Waals surface area contributed by atoms with Crippen molar-refractivity contribution in [3.63, 3.8) is 0 Å². The molecule has 2 amide bonds. The summed E-state index contributed by atoms with van der Waals surface area (Å²) >= 11 is 1.55. The van der Waals surface area contributed by atoms with E-state index in [4.69, 9.17) is 0 Å². The van der Waals surface area contributed by atoms with Gasteiger partial charge in [-0.2, -0.15) is 13.2 Å². The van der Waals surface area contributed by atoms with Crippen LogP contribution in [0.1, 0.15) is 16.0 Å². The van der Waals surface area contributed by atoms with Crippen LogP contribution in [0.15, 0.2) is 41.8 Å². The number of thiophene rings is 1. The number of hydrogen-bond donors (Lipinski definition) is 2. The first-order valence-corrected chi connectivity index (χ1v) is 7.53. The molecule has 1 aromatic carbocycles. The van der Waals surface area contributed by atoms with Crippen molar-refractivity contribution in [2.75, 3.05) is 6.54 Å². The molecule has 3 nitrogen and oxygen atoms in total. The molecule has 7 heteroatoms. The minimum Gasteiger partial charge on any atom is -0.338 e. The van der Waals surface area contributed by atoms with Gasteiger partial charge in [-0.1, -0.05) is 18.2 Å². The summed E-state index contributed by atoms with van der Waals surface area (Å²) in [7, 11) is 0. The van der Waals surface area contributed by atoms with Gasteiger partial charge in [0.1, 0.15) is 0 Å². The van der Waals surface area contributed by atoms with E-state index in [2.05, 4.69) is 10.6 Å². The first-order valence-electron chi connectivity index (χ1n) is 6.65. The number of halogens is 3. The van der Waals surface area contributed by atoms with Crippen molar-refractivity contribution in [1.82, 2.24) is 10.6 Å². The number of alkyl halides is 3. The molecule has 1 aromatic heterocycles. The van der Waals surface area contributed by atoms with E-state index in [-0.39, 0.29) is 6.03 Å². The zero-order valence-electron chi connectivity index (χ0n) is 11.6. The third-order valence-corrected chi connectivity index (χ3v) is 3.86. The van der Waals surface area contributed by atoms with Gasteiger partial charge >= 0.3 is 12.2 Å². The first kappa shape index (κ1) is 16.4. The van der Waals surface area contributed by atoms with Crippen molar-refractivity contribution in [3.05, 3.63) is 57.8 Å². The lowest BCUT2D eigenvalue weighted by molar-refractivity contribution is -0.137. The summed E-state index contributed by atoms with van der Waals surface area (Å²) in [6.45, 7) is 0.825. The van der Waals surface area contributed by atoms with Gasteiger partial charge < -0.3 is 10.6 Å². The summed E-state index contributed by atoms with van der Waals surface area (Å²) in [6, 6.07) is 8.48. The summed E-state index contributed by atoms with van der Waals surface area (Å²) in [5.41, 5.74) is 0.0736. The maximum absolute atomic E-state index is 12.4. The van der Waals surface area contributed by atoms with Crippen LogP contribution in [0.4, 0.5) is 18.0 Å². The Morgan fingerprint density at radius 3 is 2.41 bits per heavy atom. The molecule has 0 fully saturated rings. The Morgan fingerprint density at radius 2 is 1.82 bits per heavy atom. The molecular weight excluding hydrogens is 313 g/mol. The molecule has 2 aromatic rings. The van der Waals surface area contributed by atoms with Gasteiger partial charge in [0.15, 0.2) is 0 Å².